The summed E-state index contributed by atoms with van der Waals surface area (Å²) in [6.45, 7) is 5.54. The van der Waals surface area contributed by atoms with Gasteiger partial charge in [0.1, 0.15) is 0 Å². The van der Waals surface area contributed by atoms with Crippen molar-refractivity contribution in [3.63, 3.8) is 0 Å². The van der Waals surface area contributed by atoms with Gasteiger partial charge in [-0.15, -0.1) is 0 Å². The molecule has 1 fully saturated rings. The fourth-order valence-corrected chi connectivity index (χ4v) is 3.49. The number of alkyl halides is 1. The van der Waals surface area contributed by atoms with Crippen molar-refractivity contribution in [2.75, 3.05) is 11.0 Å². The van der Waals surface area contributed by atoms with E-state index >= 15 is 0 Å². The molecule has 0 spiro atoms. The van der Waals surface area contributed by atoms with E-state index in [0.717, 1.165) is 12.5 Å². The summed E-state index contributed by atoms with van der Waals surface area (Å²) in [5.74, 6) is 0.767. The molecule has 0 bridgehead atoms. The molecule has 0 radical (unpaired) electrons. The number of hydrogen-bond donors (Lipinski definition) is 0. The van der Waals surface area contributed by atoms with Gasteiger partial charge >= 0.3 is 0 Å². The molecule has 0 unspecified atom stereocenters. The maximum absolute atomic E-state index is 6.34. The average molecular weight is 338 g/mol. The number of hydrogen-bond acceptors (Lipinski definition) is 1. The molecule has 0 atom stereocenters. The van der Waals surface area contributed by atoms with Crippen molar-refractivity contribution in [1.29, 1.82) is 0 Å². The van der Waals surface area contributed by atoms with Gasteiger partial charge in [0.25, 0.3) is 0 Å². The summed E-state index contributed by atoms with van der Waals surface area (Å²) in [5.41, 5.74) is 0.222. The Bertz CT molecular complexity index is 170. The van der Waals surface area contributed by atoms with Crippen LogP contribution in [-0.2, 0) is 4.74 Å². The van der Waals surface area contributed by atoms with Crippen molar-refractivity contribution in [2.45, 2.75) is 70.8 Å². The molecule has 0 aromatic carbocycles. The maximum atomic E-state index is 6.34. The normalized spacial score (nSPS) is 21.0. The van der Waals surface area contributed by atoms with Gasteiger partial charge in [-0.05, 0) is 18.8 Å². The monoisotopic (exact) mass is 338 g/mol. The van der Waals surface area contributed by atoms with Crippen molar-refractivity contribution in [3.8, 4) is 0 Å². The lowest BCUT2D eigenvalue weighted by atomic mass is 9.96. The van der Waals surface area contributed by atoms with Crippen LogP contribution >= 0.6 is 22.6 Å². The lowest BCUT2D eigenvalue weighted by molar-refractivity contribution is -0.0530. The predicted octanol–water partition coefficient (Wildman–Crippen LogP) is 4.97. The minimum absolute atomic E-state index is 0.222. The lowest BCUT2D eigenvalue weighted by Gasteiger charge is -2.32. The first-order valence-corrected chi connectivity index (χ1v) is 8.49. The van der Waals surface area contributed by atoms with E-state index in [0.29, 0.717) is 0 Å². The highest BCUT2D eigenvalue weighted by molar-refractivity contribution is 14.1. The van der Waals surface area contributed by atoms with E-state index in [1.807, 2.05) is 0 Å². The first-order chi connectivity index (χ1) is 7.76. The molecular weight excluding hydrogens is 311 g/mol. The fourth-order valence-electron chi connectivity index (χ4n) is 2.51. The maximum Gasteiger partial charge on any atom is 0.0771 e. The van der Waals surface area contributed by atoms with Crippen LogP contribution < -0.4 is 0 Å². The van der Waals surface area contributed by atoms with Gasteiger partial charge in [0.2, 0.25) is 0 Å². The molecule has 1 saturated carbocycles. The quantitative estimate of drug-likeness (QED) is 0.378. The smallest absolute Gasteiger partial charge is 0.0771 e. The second-order valence-electron chi connectivity index (χ2n) is 5.22. The molecule has 1 aliphatic carbocycles. The summed E-state index contributed by atoms with van der Waals surface area (Å²) >= 11 is 2.52. The largest absolute Gasteiger partial charge is 0.374 e. The van der Waals surface area contributed by atoms with Crippen LogP contribution in [0.15, 0.2) is 0 Å². The molecule has 1 aliphatic rings. The van der Waals surface area contributed by atoms with Gasteiger partial charge in [-0.2, -0.15) is 0 Å². The summed E-state index contributed by atoms with van der Waals surface area (Å²) in [6.07, 6.45) is 10.6. The second-order valence-corrected chi connectivity index (χ2v) is 5.99. The average Bonchev–Trinajstić information content (AvgIpc) is 2.57. The van der Waals surface area contributed by atoms with Crippen molar-refractivity contribution in [2.24, 2.45) is 5.92 Å². The molecule has 0 aromatic heterocycles. The molecule has 2 heteroatoms. The molecule has 1 rings (SSSR count). The van der Waals surface area contributed by atoms with E-state index in [4.69, 9.17) is 4.74 Å². The summed E-state index contributed by atoms with van der Waals surface area (Å²) < 4.78 is 7.51. The van der Waals surface area contributed by atoms with Gasteiger partial charge in [-0.3, -0.25) is 0 Å². The van der Waals surface area contributed by atoms with Crippen molar-refractivity contribution >= 4 is 22.6 Å². The number of rotatable bonds is 6. The molecule has 1 nitrogen and oxygen atoms in total. The first-order valence-electron chi connectivity index (χ1n) is 6.96. The molecule has 0 heterocycles. The molecule has 16 heavy (non-hydrogen) atoms. The van der Waals surface area contributed by atoms with Crippen molar-refractivity contribution in [1.82, 2.24) is 0 Å². The lowest BCUT2D eigenvalue weighted by Crippen LogP contribution is -2.35. The standard InChI is InChI=1S/C14H27IO/c1-3-13(4-2)11-16-14(12-15)9-7-5-6-8-10-14/h13H,3-12H2,1-2H3. The number of halogens is 1. The van der Waals surface area contributed by atoms with Crippen LogP contribution in [0.1, 0.15) is 65.2 Å². The molecule has 0 saturated heterocycles. The molecule has 96 valence electrons. The Balaban J connectivity index is 2.44. The fraction of sp³-hybridized carbons (Fsp3) is 1.00. The van der Waals surface area contributed by atoms with Crippen LogP contribution in [0.3, 0.4) is 0 Å². The summed E-state index contributed by atoms with van der Waals surface area (Å²) in [6, 6.07) is 0. The molecule has 0 N–H and O–H groups in total. The Morgan fingerprint density at radius 2 is 1.62 bits per heavy atom. The van der Waals surface area contributed by atoms with Crippen LogP contribution in [0.4, 0.5) is 0 Å². The Kier molecular flexibility index (Phi) is 7.29. The van der Waals surface area contributed by atoms with Gasteiger partial charge < -0.3 is 4.74 Å². The summed E-state index contributed by atoms with van der Waals surface area (Å²) in [4.78, 5) is 0. The first kappa shape index (κ1) is 14.7. The van der Waals surface area contributed by atoms with Crippen LogP contribution in [0, 0.1) is 5.92 Å². The number of ether oxygens (including phenoxy) is 1. The molecular formula is C14H27IO. The highest BCUT2D eigenvalue weighted by atomic mass is 127. The van der Waals surface area contributed by atoms with Gasteiger partial charge in [-0.1, -0.05) is 75.0 Å². The Labute approximate surface area is 115 Å². The van der Waals surface area contributed by atoms with Crippen LogP contribution in [-0.4, -0.2) is 16.6 Å². The van der Waals surface area contributed by atoms with Crippen molar-refractivity contribution in [3.05, 3.63) is 0 Å². The zero-order valence-corrected chi connectivity index (χ0v) is 13.1. The minimum atomic E-state index is 0.222. The van der Waals surface area contributed by atoms with Gasteiger partial charge in [0.15, 0.2) is 0 Å². The Morgan fingerprint density at radius 1 is 1.06 bits per heavy atom. The second kappa shape index (κ2) is 7.91. The predicted molar refractivity (Wildman–Crippen MR) is 79.3 cm³/mol. The van der Waals surface area contributed by atoms with Gasteiger partial charge in [0, 0.05) is 4.43 Å². The summed E-state index contributed by atoms with van der Waals surface area (Å²) in [5, 5.41) is 0. The SMILES string of the molecule is CCC(CC)COC1(CI)CCCCCC1. The molecule has 0 aliphatic heterocycles. The third-order valence-corrected chi connectivity index (χ3v) is 5.43. The Morgan fingerprint density at radius 3 is 2.06 bits per heavy atom. The summed E-state index contributed by atoms with van der Waals surface area (Å²) in [7, 11) is 0. The van der Waals surface area contributed by atoms with E-state index in [1.54, 1.807) is 0 Å². The van der Waals surface area contributed by atoms with E-state index in [2.05, 4.69) is 36.4 Å². The van der Waals surface area contributed by atoms with E-state index in [-0.39, 0.29) is 5.60 Å². The van der Waals surface area contributed by atoms with E-state index in [1.165, 1.54) is 55.8 Å². The zero-order chi connectivity index (χ0) is 11.9. The highest BCUT2D eigenvalue weighted by Gasteiger charge is 2.31. The van der Waals surface area contributed by atoms with E-state index in [9.17, 15) is 0 Å². The van der Waals surface area contributed by atoms with Gasteiger partial charge in [-0.25, -0.2) is 0 Å². The van der Waals surface area contributed by atoms with Crippen LogP contribution in [0.5, 0.6) is 0 Å². The third-order valence-electron chi connectivity index (χ3n) is 4.04. The highest BCUT2D eigenvalue weighted by Crippen LogP contribution is 2.33. The topological polar surface area (TPSA) is 9.23 Å². The Hall–Kier alpha value is 0.690. The molecule has 0 aromatic rings. The van der Waals surface area contributed by atoms with Crippen LogP contribution in [0.25, 0.3) is 0 Å². The third kappa shape index (κ3) is 4.52. The minimum Gasteiger partial charge on any atom is -0.374 e. The molecule has 0 amide bonds. The zero-order valence-electron chi connectivity index (χ0n) is 10.9. The van der Waals surface area contributed by atoms with Crippen LogP contribution in [0.2, 0.25) is 0 Å². The van der Waals surface area contributed by atoms with Gasteiger partial charge in [0.05, 0.1) is 12.2 Å². The van der Waals surface area contributed by atoms with Crippen molar-refractivity contribution < 1.29 is 4.74 Å². The van der Waals surface area contributed by atoms with E-state index < -0.39 is 0 Å².